The van der Waals surface area contributed by atoms with Gasteiger partial charge in [0, 0.05) is 13.1 Å². The van der Waals surface area contributed by atoms with Crippen molar-refractivity contribution in [3.63, 3.8) is 0 Å². The number of amides is 2. The zero-order chi connectivity index (χ0) is 13.1. The van der Waals surface area contributed by atoms with Gasteiger partial charge in [0.2, 0.25) is 0 Å². The van der Waals surface area contributed by atoms with Crippen LogP contribution >= 0.6 is 0 Å². The van der Waals surface area contributed by atoms with E-state index in [-0.39, 0.29) is 6.03 Å². The first kappa shape index (κ1) is 12.4. The molecule has 1 aromatic carbocycles. The van der Waals surface area contributed by atoms with Gasteiger partial charge in [0.1, 0.15) is 6.04 Å². The van der Waals surface area contributed by atoms with Crippen LogP contribution in [-0.4, -0.2) is 34.6 Å². The monoisotopic (exact) mass is 248 g/mol. The van der Waals surface area contributed by atoms with Crippen LogP contribution in [0.4, 0.5) is 4.79 Å². The fraction of sp³-hybridized carbons (Fsp3) is 0.385. The molecule has 0 bridgehead atoms. The number of carbonyl (C=O) groups excluding carboxylic acids is 1. The number of aliphatic carboxylic acids is 1. The third-order valence-corrected chi connectivity index (χ3v) is 3.09. The van der Waals surface area contributed by atoms with E-state index in [4.69, 9.17) is 5.11 Å². The third kappa shape index (κ3) is 2.61. The highest BCUT2D eigenvalue weighted by atomic mass is 16.4. The number of rotatable bonds is 3. The summed E-state index contributed by atoms with van der Waals surface area (Å²) >= 11 is 0. The van der Waals surface area contributed by atoms with Gasteiger partial charge in [-0.1, -0.05) is 29.8 Å². The minimum Gasteiger partial charge on any atom is -0.480 e. The lowest BCUT2D eigenvalue weighted by molar-refractivity contribution is -0.143. The Morgan fingerprint density at radius 2 is 2.11 bits per heavy atom. The maximum Gasteiger partial charge on any atom is 0.326 e. The molecule has 1 saturated heterocycles. The maximum absolute atomic E-state index is 11.7. The summed E-state index contributed by atoms with van der Waals surface area (Å²) in [5.41, 5.74) is 2.07. The molecule has 18 heavy (non-hydrogen) atoms. The van der Waals surface area contributed by atoms with E-state index in [1.54, 1.807) is 0 Å². The molecule has 1 aliphatic heterocycles. The van der Waals surface area contributed by atoms with E-state index in [0.29, 0.717) is 19.5 Å². The van der Waals surface area contributed by atoms with E-state index in [9.17, 15) is 9.59 Å². The Kier molecular flexibility index (Phi) is 3.50. The van der Waals surface area contributed by atoms with Crippen LogP contribution in [0.1, 0.15) is 17.5 Å². The zero-order valence-corrected chi connectivity index (χ0v) is 10.2. The SMILES string of the molecule is Cc1ccc(CN2C(=O)NCCC2C(=O)O)cc1. The topological polar surface area (TPSA) is 69.6 Å². The predicted molar refractivity (Wildman–Crippen MR) is 66.2 cm³/mol. The van der Waals surface area contributed by atoms with Gasteiger partial charge in [-0.2, -0.15) is 0 Å². The Hall–Kier alpha value is -2.04. The van der Waals surface area contributed by atoms with Crippen LogP contribution in [0.25, 0.3) is 0 Å². The first-order valence-electron chi connectivity index (χ1n) is 5.91. The van der Waals surface area contributed by atoms with Crippen molar-refractivity contribution in [3.8, 4) is 0 Å². The number of benzene rings is 1. The molecule has 2 N–H and O–H groups in total. The smallest absolute Gasteiger partial charge is 0.326 e. The highest BCUT2D eigenvalue weighted by molar-refractivity contribution is 5.83. The fourth-order valence-corrected chi connectivity index (χ4v) is 2.04. The van der Waals surface area contributed by atoms with Crippen molar-refractivity contribution in [3.05, 3.63) is 35.4 Å². The van der Waals surface area contributed by atoms with Crippen molar-refractivity contribution in [2.45, 2.75) is 25.9 Å². The molecule has 5 heteroatoms. The lowest BCUT2D eigenvalue weighted by Gasteiger charge is -2.33. The predicted octanol–water partition coefficient (Wildman–Crippen LogP) is 1.36. The standard InChI is InChI=1S/C13H16N2O3/c1-9-2-4-10(5-3-9)8-15-11(12(16)17)6-7-14-13(15)18/h2-5,11H,6-8H2,1H3,(H,14,18)(H,16,17). The molecule has 2 rings (SSSR count). The summed E-state index contributed by atoms with van der Waals surface area (Å²) < 4.78 is 0. The molecule has 1 fully saturated rings. The first-order chi connectivity index (χ1) is 8.58. The van der Waals surface area contributed by atoms with Gasteiger partial charge in [-0.05, 0) is 18.9 Å². The summed E-state index contributed by atoms with van der Waals surface area (Å²) in [6, 6.07) is 6.68. The van der Waals surface area contributed by atoms with Crippen LogP contribution in [0.15, 0.2) is 24.3 Å². The fourth-order valence-electron chi connectivity index (χ4n) is 2.04. The van der Waals surface area contributed by atoms with Gasteiger partial charge < -0.3 is 15.3 Å². The third-order valence-electron chi connectivity index (χ3n) is 3.09. The highest BCUT2D eigenvalue weighted by Crippen LogP contribution is 2.15. The van der Waals surface area contributed by atoms with E-state index in [0.717, 1.165) is 11.1 Å². The van der Waals surface area contributed by atoms with Crippen molar-refractivity contribution in [1.82, 2.24) is 10.2 Å². The van der Waals surface area contributed by atoms with Crippen molar-refractivity contribution < 1.29 is 14.7 Å². The molecule has 96 valence electrons. The molecule has 1 unspecified atom stereocenters. The van der Waals surface area contributed by atoms with Crippen molar-refractivity contribution >= 4 is 12.0 Å². The van der Waals surface area contributed by atoms with Gasteiger partial charge in [-0.25, -0.2) is 9.59 Å². The van der Waals surface area contributed by atoms with Crippen LogP contribution in [-0.2, 0) is 11.3 Å². The van der Waals surface area contributed by atoms with Crippen LogP contribution in [0.3, 0.4) is 0 Å². The van der Waals surface area contributed by atoms with Crippen molar-refractivity contribution in [2.24, 2.45) is 0 Å². The summed E-state index contributed by atoms with van der Waals surface area (Å²) in [5.74, 6) is -0.947. The van der Waals surface area contributed by atoms with Gasteiger partial charge in [-0.15, -0.1) is 0 Å². The molecule has 0 saturated carbocycles. The van der Waals surface area contributed by atoms with E-state index >= 15 is 0 Å². The number of nitrogens with zero attached hydrogens (tertiary/aromatic N) is 1. The number of carbonyl (C=O) groups is 2. The molecule has 1 aromatic rings. The molecular weight excluding hydrogens is 232 g/mol. The lowest BCUT2D eigenvalue weighted by Crippen LogP contribution is -2.54. The van der Waals surface area contributed by atoms with Crippen LogP contribution in [0, 0.1) is 6.92 Å². The molecule has 0 spiro atoms. The normalized spacial score (nSPS) is 19.5. The molecule has 1 aliphatic rings. The minimum atomic E-state index is -0.947. The second-order valence-electron chi connectivity index (χ2n) is 4.49. The molecule has 2 amide bonds. The molecule has 0 radical (unpaired) electrons. The van der Waals surface area contributed by atoms with E-state index in [1.807, 2.05) is 31.2 Å². The lowest BCUT2D eigenvalue weighted by atomic mass is 10.1. The summed E-state index contributed by atoms with van der Waals surface area (Å²) in [6.45, 7) is 2.72. The van der Waals surface area contributed by atoms with Crippen molar-refractivity contribution in [2.75, 3.05) is 6.54 Å². The summed E-state index contributed by atoms with van der Waals surface area (Å²) in [6.07, 6.45) is 0.437. The van der Waals surface area contributed by atoms with E-state index < -0.39 is 12.0 Å². The largest absolute Gasteiger partial charge is 0.480 e. The van der Waals surface area contributed by atoms with Gasteiger partial charge in [0.25, 0.3) is 0 Å². The quantitative estimate of drug-likeness (QED) is 0.848. The number of carboxylic acids is 1. The number of nitrogens with one attached hydrogen (secondary N) is 1. The van der Waals surface area contributed by atoms with Gasteiger partial charge >= 0.3 is 12.0 Å². The Bertz CT molecular complexity index is 456. The Morgan fingerprint density at radius 3 is 2.72 bits per heavy atom. The van der Waals surface area contributed by atoms with Gasteiger partial charge in [0.15, 0.2) is 0 Å². The zero-order valence-electron chi connectivity index (χ0n) is 10.2. The number of urea groups is 1. The molecule has 0 aromatic heterocycles. The van der Waals surface area contributed by atoms with E-state index in [1.165, 1.54) is 4.90 Å². The molecule has 1 heterocycles. The maximum atomic E-state index is 11.7. The Balaban J connectivity index is 2.15. The molecule has 1 atom stereocenters. The molecular formula is C13H16N2O3. The average Bonchev–Trinajstić information content (AvgIpc) is 2.34. The second kappa shape index (κ2) is 5.08. The number of hydrogen-bond donors (Lipinski definition) is 2. The van der Waals surface area contributed by atoms with Crippen molar-refractivity contribution in [1.29, 1.82) is 0 Å². The summed E-state index contributed by atoms with van der Waals surface area (Å²) in [4.78, 5) is 24.2. The summed E-state index contributed by atoms with van der Waals surface area (Å²) in [7, 11) is 0. The van der Waals surface area contributed by atoms with Crippen LogP contribution in [0.2, 0.25) is 0 Å². The molecule has 0 aliphatic carbocycles. The average molecular weight is 248 g/mol. The Morgan fingerprint density at radius 1 is 1.44 bits per heavy atom. The number of carboxylic acid groups (broad SMARTS) is 1. The van der Waals surface area contributed by atoms with Crippen LogP contribution < -0.4 is 5.32 Å². The minimum absolute atomic E-state index is 0.311. The molecule has 5 nitrogen and oxygen atoms in total. The second-order valence-corrected chi connectivity index (χ2v) is 4.49. The van der Waals surface area contributed by atoms with Gasteiger partial charge in [-0.3, -0.25) is 0 Å². The highest BCUT2D eigenvalue weighted by Gasteiger charge is 2.32. The van der Waals surface area contributed by atoms with Crippen LogP contribution in [0.5, 0.6) is 0 Å². The van der Waals surface area contributed by atoms with E-state index in [2.05, 4.69) is 5.32 Å². The van der Waals surface area contributed by atoms with Gasteiger partial charge in [0.05, 0.1) is 0 Å². The summed E-state index contributed by atoms with van der Waals surface area (Å²) in [5, 5.41) is 11.8. The first-order valence-corrected chi connectivity index (χ1v) is 5.91. The number of aryl methyl sites for hydroxylation is 1. The number of hydrogen-bond acceptors (Lipinski definition) is 2. The Labute approximate surface area is 105 Å².